The highest BCUT2D eigenvalue weighted by atomic mass is 16.6. The zero-order valence-corrected chi connectivity index (χ0v) is 24.9. The fraction of sp³-hybridized carbons (Fsp3) is 0.452. The Hall–Kier alpha value is -4.41. The molecule has 0 bridgehead atoms. The first-order chi connectivity index (χ1) is 19.9. The van der Waals surface area contributed by atoms with E-state index >= 15 is 0 Å². The molecule has 4 amide bonds. The predicted octanol–water partition coefficient (Wildman–Crippen LogP) is 4.06. The van der Waals surface area contributed by atoms with Gasteiger partial charge in [0.2, 0.25) is 11.8 Å². The van der Waals surface area contributed by atoms with Gasteiger partial charge in [0.1, 0.15) is 23.5 Å². The lowest BCUT2D eigenvalue weighted by molar-refractivity contribution is -0.131. The van der Waals surface area contributed by atoms with Gasteiger partial charge in [-0.25, -0.2) is 9.59 Å². The molecule has 11 nitrogen and oxygen atoms in total. The molecule has 0 unspecified atom stereocenters. The number of rotatable bonds is 9. The highest BCUT2D eigenvalue weighted by Gasteiger charge is 2.42. The second-order valence-electron chi connectivity index (χ2n) is 11.3. The highest BCUT2D eigenvalue weighted by Crippen LogP contribution is 2.33. The molecule has 1 aliphatic heterocycles. The monoisotopic (exact) mass is 579 g/mol. The fourth-order valence-corrected chi connectivity index (χ4v) is 4.49. The summed E-state index contributed by atoms with van der Waals surface area (Å²) in [6.07, 6.45) is -0.154. The molecule has 0 radical (unpaired) electrons. The summed E-state index contributed by atoms with van der Waals surface area (Å²) in [5.74, 6) is -0.943. The van der Waals surface area contributed by atoms with Crippen LogP contribution in [0.1, 0.15) is 70.1 Å². The van der Waals surface area contributed by atoms with E-state index in [0.29, 0.717) is 24.9 Å². The molecule has 4 N–H and O–H groups in total. The zero-order valence-electron chi connectivity index (χ0n) is 24.9. The Morgan fingerprint density at radius 2 is 1.71 bits per heavy atom. The van der Waals surface area contributed by atoms with E-state index in [0.717, 1.165) is 11.1 Å². The van der Waals surface area contributed by atoms with Crippen molar-refractivity contribution in [3.63, 3.8) is 0 Å². The van der Waals surface area contributed by atoms with Crippen LogP contribution in [0.25, 0.3) is 0 Å². The van der Waals surface area contributed by atoms with Crippen LogP contribution in [0.4, 0.5) is 9.59 Å². The van der Waals surface area contributed by atoms with Crippen molar-refractivity contribution in [2.75, 3.05) is 13.2 Å². The SMILES string of the molecule is CCCOC(=O)NC(=N)c1ccc(CNC(=O)[C@H](C)NC(=O)[C@H]2C[C@H](c3ccccc3)CN2C(=O)OC(C)(C)C)cc1. The summed E-state index contributed by atoms with van der Waals surface area (Å²) in [6, 6.07) is 14.9. The van der Waals surface area contributed by atoms with Crippen molar-refractivity contribution in [2.24, 2.45) is 0 Å². The molecular formula is C31H41N5O6. The van der Waals surface area contributed by atoms with Crippen LogP contribution in [0.3, 0.4) is 0 Å². The minimum Gasteiger partial charge on any atom is -0.449 e. The number of hydrogen-bond acceptors (Lipinski definition) is 7. The number of nitrogens with one attached hydrogen (secondary N) is 4. The van der Waals surface area contributed by atoms with E-state index in [-0.39, 0.29) is 30.8 Å². The van der Waals surface area contributed by atoms with E-state index in [1.54, 1.807) is 52.0 Å². The number of amidine groups is 1. The van der Waals surface area contributed by atoms with Gasteiger partial charge in [0.15, 0.2) is 0 Å². The van der Waals surface area contributed by atoms with Gasteiger partial charge in [-0.3, -0.25) is 25.2 Å². The van der Waals surface area contributed by atoms with E-state index in [1.807, 2.05) is 37.3 Å². The standard InChI is InChI=1S/C31H41N5O6/c1-6-16-41-29(39)35-26(32)23-14-12-21(13-15-23)18-33-27(37)20(2)34-28(38)25-17-24(22-10-8-7-9-11-22)19-36(25)30(40)42-31(3,4)5/h7-15,20,24-25H,6,16-19H2,1-5H3,(H,33,37)(H,34,38)(H2,32,35,39)/t20-,24-,25+/m0/s1. The number of carbonyl (C=O) groups is 4. The number of amides is 4. The van der Waals surface area contributed by atoms with Crippen molar-refractivity contribution in [3.05, 3.63) is 71.3 Å². The molecule has 42 heavy (non-hydrogen) atoms. The van der Waals surface area contributed by atoms with Gasteiger partial charge < -0.3 is 20.1 Å². The molecule has 3 rings (SSSR count). The Morgan fingerprint density at radius 1 is 1.05 bits per heavy atom. The third-order valence-electron chi connectivity index (χ3n) is 6.63. The van der Waals surface area contributed by atoms with Crippen LogP contribution in [0.2, 0.25) is 0 Å². The quantitative estimate of drug-likeness (QED) is 0.260. The Bertz CT molecular complexity index is 1260. The molecule has 0 spiro atoms. The molecule has 11 heteroatoms. The second-order valence-corrected chi connectivity index (χ2v) is 11.3. The van der Waals surface area contributed by atoms with Crippen LogP contribution in [0.5, 0.6) is 0 Å². The summed E-state index contributed by atoms with van der Waals surface area (Å²) < 4.78 is 10.5. The Labute approximate surface area is 246 Å². The minimum atomic E-state index is -0.848. The maximum absolute atomic E-state index is 13.3. The minimum absolute atomic E-state index is 0.0414. The first kappa shape index (κ1) is 32.1. The molecule has 3 atom stereocenters. The van der Waals surface area contributed by atoms with Gasteiger partial charge in [0.05, 0.1) is 6.61 Å². The lowest BCUT2D eigenvalue weighted by Crippen LogP contribution is -2.52. The van der Waals surface area contributed by atoms with Gasteiger partial charge in [-0.1, -0.05) is 61.5 Å². The van der Waals surface area contributed by atoms with E-state index in [1.165, 1.54) is 4.90 Å². The number of alkyl carbamates (subject to hydrolysis) is 1. The van der Waals surface area contributed by atoms with E-state index in [2.05, 4.69) is 16.0 Å². The maximum Gasteiger partial charge on any atom is 0.412 e. The van der Waals surface area contributed by atoms with Crippen LogP contribution < -0.4 is 16.0 Å². The van der Waals surface area contributed by atoms with Crippen LogP contribution in [-0.2, 0) is 25.6 Å². The molecule has 0 aliphatic carbocycles. The summed E-state index contributed by atoms with van der Waals surface area (Å²) in [5, 5.41) is 15.9. The number of hydrogen-bond donors (Lipinski definition) is 4. The lowest BCUT2D eigenvalue weighted by Gasteiger charge is -2.28. The summed E-state index contributed by atoms with van der Waals surface area (Å²) >= 11 is 0. The summed E-state index contributed by atoms with van der Waals surface area (Å²) in [7, 11) is 0. The lowest BCUT2D eigenvalue weighted by atomic mass is 9.96. The third-order valence-corrected chi connectivity index (χ3v) is 6.63. The Morgan fingerprint density at radius 3 is 2.33 bits per heavy atom. The second kappa shape index (κ2) is 14.5. The number of ether oxygens (including phenoxy) is 2. The molecule has 0 aromatic heterocycles. The normalized spacial score (nSPS) is 17.1. The van der Waals surface area contributed by atoms with Crippen molar-refractivity contribution in [3.8, 4) is 0 Å². The average Bonchev–Trinajstić information content (AvgIpc) is 3.41. The highest BCUT2D eigenvalue weighted by molar-refractivity contribution is 6.04. The number of likely N-dealkylation sites (tertiary alicyclic amines) is 1. The Kier molecular flexibility index (Phi) is 11.1. The topological polar surface area (TPSA) is 150 Å². The van der Waals surface area contributed by atoms with Crippen LogP contribution in [-0.4, -0.2) is 65.6 Å². The Balaban J connectivity index is 1.56. The third kappa shape index (κ3) is 9.32. The fourth-order valence-electron chi connectivity index (χ4n) is 4.49. The molecule has 1 saturated heterocycles. The van der Waals surface area contributed by atoms with Crippen molar-refractivity contribution in [1.82, 2.24) is 20.9 Å². The predicted molar refractivity (Wildman–Crippen MR) is 158 cm³/mol. The summed E-state index contributed by atoms with van der Waals surface area (Å²) in [5.41, 5.74) is 1.56. The van der Waals surface area contributed by atoms with Crippen molar-refractivity contribution in [1.29, 1.82) is 5.41 Å². The zero-order chi connectivity index (χ0) is 30.9. The van der Waals surface area contributed by atoms with Gasteiger partial charge in [-0.05, 0) is 51.7 Å². The van der Waals surface area contributed by atoms with Crippen LogP contribution >= 0.6 is 0 Å². The van der Waals surface area contributed by atoms with Gasteiger partial charge >= 0.3 is 12.2 Å². The average molecular weight is 580 g/mol. The molecule has 0 saturated carbocycles. The van der Waals surface area contributed by atoms with Gasteiger partial charge in [-0.2, -0.15) is 0 Å². The van der Waals surface area contributed by atoms with Gasteiger partial charge in [0.25, 0.3) is 0 Å². The van der Waals surface area contributed by atoms with E-state index in [4.69, 9.17) is 14.9 Å². The van der Waals surface area contributed by atoms with Crippen molar-refractivity contribution >= 4 is 29.8 Å². The van der Waals surface area contributed by atoms with Crippen LogP contribution in [0.15, 0.2) is 54.6 Å². The number of benzene rings is 2. The van der Waals surface area contributed by atoms with Crippen molar-refractivity contribution < 1.29 is 28.7 Å². The smallest absolute Gasteiger partial charge is 0.412 e. The molecule has 2 aromatic rings. The first-order valence-electron chi connectivity index (χ1n) is 14.1. The number of nitrogens with zero attached hydrogens (tertiary/aromatic N) is 1. The molecule has 226 valence electrons. The van der Waals surface area contributed by atoms with E-state index in [9.17, 15) is 19.2 Å². The largest absolute Gasteiger partial charge is 0.449 e. The molecule has 1 heterocycles. The van der Waals surface area contributed by atoms with E-state index < -0.39 is 35.8 Å². The summed E-state index contributed by atoms with van der Waals surface area (Å²) in [6.45, 7) is 9.59. The molecule has 1 fully saturated rings. The molecule has 1 aliphatic rings. The molecular weight excluding hydrogens is 538 g/mol. The van der Waals surface area contributed by atoms with Gasteiger partial charge in [-0.15, -0.1) is 0 Å². The first-order valence-corrected chi connectivity index (χ1v) is 14.1. The van der Waals surface area contributed by atoms with Crippen LogP contribution in [0, 0.1) is 5.41 Å². The van der Waals surface area contributed by atoms with Gasteiger partial charge in [0, 0.05) is 24.6 Å². The maximum atomic E-state index is 13.3. The molecule has 2 aromatic carbocycles. The summed E-state index contributed by atoms with van der Waals surface area (Å²) in [4.78, 5) is 52.2. The number of carbonyl (C=O) groups excluding carboxylic acids is 4. The van der Waals surface area contributed by atoms with Crippen molar-refractivity contribution in [2.45, 2.75) is 77.6 Å².